The summed E-state index contributed by atoms with van der Waals surface area (Å²) < 4.78 is 4.36. The van der Waals surface area contributed by atoms with Crippen LogP contribution in [0.4, 0.5) is 0 Å². The van der Waals surface area contributed by atoms with Crippen molar-refractivity contribution in [2.45, 2.75) is 27.7 Å². The first kappa shape index (κ1) is 20.0. The third-order valence-electron chi connectivity index (χ3n) is 6.02. The summed E-state index contributed by atoms with van der Waals surface area (Å²) in [5.41, 5.74) is 9.40. The quantitative estimate of drug-likeness (QED) is 0.328. The highest BCUT2D eigenvalue weighted by atomic mass is 15.1. The fourth-order valence-electron chi connectivity index (χ4n) is 4.56. The molecule has 0 atom stereocenters. The summed E-state index contributed by atoms with van der Waals surface area (Å²) in [4.78, 5) is 9.42. The van der Waals surface area contributed by atoms with Gasteiger partial charge in [-0.3, -0.25) is 9.13 Å². The number of aromatic nitrogens is 4. The average Bonchev–Trinajstić information content (AvgIpc) is 3.44. The van der Waals surface area contributed by atoms with Crippen LogP contribution in [0.15, 0.2) is 85.5 Å². The first-order valence-electron chi connectivity index (χ1n) is 10.9. The minimum Gasteiger partial charge on any atom is -0.299 e. The Morgan fingerprint density at radius 2 is 0.906 bits per heavy atom. The van der Waals surface area contributed by atoms with E-state index < -0.39 is 0 Å². The Bertz CT molecular complexity index is 1280. The molecule has 0 fully saturated rings. The molecule has 32 heavy (non-hydrogen) atoms. The molecule has 0 unspecified atom stereocenters. The van der Waals surface area contributed by atoms with Crippen molar-refractivity contribution >= 4 is 0 Å². The van der Waals surface area contributed by atoms with Gasteiger partial charge in [-0.25, -0.2) is 9.97 Å². The second kappa shape index (κ2) is 7.97. The van der Waals surface area contributed by atoms with E-state index in [1.54, 1.807) is 0 Å². The molecule has 0 saturated carbocycles. The maximum atomic E-state index is 4.71. The van der Waals surface area contributed by atoms with Gasteiger partial charge in [-0.1, -0.05) is 54.6 Å². The molecule has 2 heterocycles. The Kier molecular flexibility index (Phi) is 4.98. The van der Waals surface area contributed by atoms with Crippen LogP contribution < -0.4 is 0 Å². The Morgan fingerprint density at radius 3 is 1.31 bits per heavy atom. The van der Waals surface area contributed by atoms with Crippen molar-refractivity contribution in [1.29, 1.82) is 0 Å². The minimum atomic E-state index is 0.925. The van der Waals surface area contributed by atoms with E-state index in [9.17, 15) is 0 Å². The molecule has 0 N–H and O–H groups in total. The molecule has 4 nitrogen and oxygen atoms in total. The minimum absolute atomic E-state index is 0.925. The molecule has 0 radical (unpaired) electrons. The van der Waals surface area contributed by atoms with Crippen LogP contribution in [0.2, 0.25) is 0 Å². The molecule has 3 aromatic carbocycles. The number of aryl methyl sites for hydroxylation is 4. The highest BCUT2D eigenvalue weighted by molar-refractivity contribution is 5.70. The topological polar surface area (TPSA) is 35.6 Å². The molecule has 4 heteroatoms. The SMILES string of the molecule is Cc1cccc(C)c1-n1ccnc1-c1cccc(-c2nccn2-c2c(C)cccc2C)c1. The van der Waals surface area contributed by atoms with E-state index in [0.29, 0.717) is 0 Å². The molecule has 0 aliphatic heterocycles. The number of hydrogen-bond donors (Lipinski definition) is 0. The monoisotopic (exact) mass is 418 g/mol. The predicted molar refractivity (Wildman–Crippen MR) is 131 cm³/mol. The molecule has 158 valence electrons. The van der Waals surface area contributed by atoms with Crippen molar-refractivity contribution < 1.29 is 0 Å². The van der Waals surface area contributed by atoms with E-state index in [-0.39, 0.29) is 0 Å². The molecule has 0 aliphatic rings. The second-order valence-corrected chi connectivity index (χ2v) is 8.30. The Balaban J connectivity index is 1.63. The van der Waals surface area contributed by atoms with Gasteiger partial charge in [0, 0.05) is 35.9 Å². The molecule has 5 aromatic rings. The van der Waals surface area contributed by atoms with Crippen molar-refractivity contribution in [3.8, 4) is 34.2 Å². The number of hydrogen-bond acceptors (Lipinski definition) is 2. The van der Waals surface area contributed by atoms with Gasteiger partial charge in [-0.05, 0) is 56.0 Å². The molecular weight excluding hydrogens is 392 g/mol. The third-order valence-corrected chi connectivity index (χ3v) is 6.02. The van der Waals surface area contributed by atoms with E-state index in [1.807, 2.05) is 24.8 Å². The van der Waals surface area contributed by atoms with Crippen LogP contribution in [0.5, 0.6) is 0 Å². The first-order chi connectivity index (χ1) is 15.5. The predicted octanol–water partition coefficient (Wildman–Crippen LogP) is 6.63. The molecule has 2 aromatic heterocycles. The van der Waals surface area contributed by atoms with Crippen LogP contribution in [-0.4, -0.2) is 19.1 Å². The summed E-state index contributed by atoms with van der Waals surface area (Å²) >= 11 is 0. The number of benzene rings is 3. The third kappa shape index (κ3) is 3.34. The van der Waals surface area contributed by atoms with Crippen molar-refractivity contribution in [2.24, 2.45) is 0 Å². The highest BCUT2D eigenvalue weighted by Crippen LogP contribution is 2.30. The molecular formula is C28H26N4. The van der Waals surface area contributed by atoms with Gasteiger partial charge < -0.3 is 0 Å². The van der Waals surface area contributed by atoms with E-state index in [4.69, 9.17) is 9.97 Å². The van der Waals surface area contributed by atoms with Gasteiger partial charge in [0.2, 0.25) is 0 Å². The lowest BCUT2D eigenvalue weighted by molar-refractivity contribution is 1.03. The van der Waals surface area contributed by atoms with Crippen LogP contribution in [0.3, 0.4) is 0 Å². The summed E-state index contributed by atoms with van der Waals surface area (Å²) in [6.45, 7) is 8.57. The van der Waals surface area contributed by atoms with Crippen LogP contribution in [0.1, 0.15) is 22.3 Å². The number of imidazole rings is 2. The molecule has 0 aliphatic carbocycles. The van der Waals surface area contributed by atoms with E-state index in [1.165, 1.54) is 33.6 Å². The zero-order chi connectivity index (χ0) is 22.2. The van der Waals surface area contributed by atoms with E-state index in [2.05, 4.69) is 97.5 Å². The molecule has 5 rings (SSSR count). The summed E-state index contributed by atoms with van der Waals surface area (Å²) in [6.07, 6.45) is 7.81. The fourth-order valence-corrected chi connectivity index (χ4v) is 4.56. The molecule has 0 bridgehead atoms. The summed E-state index contributed by atoms with van der Waals surface area (Å²) in [5, 5.41) is 0. The maximum absolute atomic E-state index is 4.71. The fraction of sp³-hybridized carbons (Fsp3) is 0.143. The van der Waals surface area contributed by atoms with Crippen molar-refractivity contribution in [3.63, 3.8) is 0 Å². The molecule has 0 spiro atoms. The number of rotatable bonds is 4. The van der Waals surface area contributed by atoms with Gasteiger partial charge in [0.1, 0.15) is 11.6 Å². The molecule has 0 saturated heterocycles. The lowest BCUT2D eigenvalue weighted by Gasteiger charge is -2.16. The van der Waals surface area contributed by atoms with Gasteiger partial charge in [0.05, 0.1) is 11.4 Å². The van der Waals surface area contributed by atoms with E-state index in [0.717, 1.165) is 22.8 Å². The first-order valence-corrected chi connectivity index (χ1v) is 10.9. The van der Waals surface area contributed by atoms with Crippen LogP contribution in [-0.2, 0) is 0 Å². The number of nitrogens with zero attached hydrogens (tertiary/aromatic N) is 4. The normalized spacial score (nSPS) is 11.1. The summed E-state index contributed by atoms with van der Waals surface area (Å²) in [6, 6.07) is 21.3. The Morgan fingerprint density at radius 1 is 0.531 bits per heavy atom. The summed E-state index contributed by atoms with van der Waals surface area (Å²) in [7, 11) is 0. The maximum Gasteiger partial charge on any atom is 0.144 e. The smallest absolute Gasteiger partial charge is 0.144 e. The molecule has 0 amide bonds. The van der Waals surface area contributed by atoms with Crippen molar-refractivity contribution in [2.75, 3.05) is 0 Å². The Hall–Kier alpha value is -3.92. The van der Waals surface area contributed by atoms with Crippen molar-refractivity contribution in [3.05, 3.63) is 108 Å². The van der Waals surface area contributed by atoms with Crippen LogP contribution in [0, 0.1) is 27.7 Å². The zero-order valence-electron chi connectivity index (χ0n) is 18.9. The number of para-hydroxylation sites is 2. The zero-order valence-corrected chi connectivity index (χ0v) is 18.9. The largest absolute Gasteiger partial charge is 0.299 e. The Labute approximate surface area is 188 Å². The van der Waals surface area contributed by atoms with Crippen molar-refractivity contribution in [1.82, 2.24) is 19.1 Å². The van der Waals surface area contributed by atoms with Gasteiger partial charge in [0.25, 0.3) is 0 Å². The van der Waals surface area contributed by atoms with E-state index >= 15 is 0 Å². The van der Waals surface area contributed by atoms with Crippen LogP contribution >= 0.6 is 0 Å². The summed E-state index contributed by atoms with van der Waals surface area (Å²) in [5.74, 6) is 1.85. The lowest BCUT2D eigenvalue weighted by atomic mass is 10.1. The van der Waals surface area contributed by atoms with Crippen LogP contribution in [0.25, 0.3) is 34.2 Å². The lowest BCUT2D eigenvalue weighted by Crippen LogP contribution is -2.03. The van der Waals surface area contributed by atoms with Gasteiger partial charge in [-0.15, -0.1) is 0 Å². The van der Waals surface area contributed by atoms with Gasteiger partial charge >= 0.3 is 0 Å². The standard InChI is InChI=1S/C28H26N4/c1-19-8-5-9-20(2)25(19)31-16-14-29-27(31)23-12-7-13-24(18-23)28-30-15-17-32(28)26-21(3)10-6-11-22(26)4/h5-18H,1-4H3. The highest BCUT2D eigenvalue weighted by Gasteiger charge is 2.15. The van der Waals surface area contributed by atoms with Gasteiger partial charge in [0.15, 0.2) is 0 Å². The second-order valence-electron chi connectivity index (χ2n) is 8.30. The average molecular weight is 419 g/mol. The van der Waals surface area contributed by atoms with Gasteiger partial charge in [-0.2, -0.15) is 0 Å².